The number of hydrogen-bond donors (Lipinski definition) is 0. The van der Waals surface area contributed by atoms with Gasteiger partial charge in [0.15, 0.2) is 5.75 Å². The van der Waals surface area contributed by atoms with Gasteiger partial charge in [-0.2, -0.15) is 17.7 Å². The van der Waals surface area contributed by atoms with Crippen LogP contribution in [-0.2, 0) is 15.1 Å². The average Bonchev–Trinajstić information content (AvgIpc) is 2.34. The fraction of sp³-hybridized carbons (Fsp3) is 0.364. The Bertz CT molecular complexity index is 593. The van der Waals surface area contributed by atoms with E-state index in [0.29, 0.717) is 13.1 Å². The van der Waals surface area contributed by atoms with Gasteiger partial charge in [-0.15, -0.1) is 0 Å². The van der Waals surface area contributed by atoms with Gasteiger partial charge in [0, 0.05) is 13.1 Å². The van der Waals surface area contributed by atoms with Crippen LogP contribution in [0.1, 0.15) is 13.8 Å². The predicted octanol–water partition coefficient (Wildman–Crippen LogP) is 2.27. The summed E-state index contributed by atoms with van der Waals surface area (Å²) in [4.78, 5) is 13.5. The quantitative estimate of drug-likeness (QED) is 0.597. The number of carbonyl (C=O) groups excluding carboxylic acids is 1. The fourth-order valence-corrected chi connectivity index (χ4v) is 2.75. The van der Waals surface area contributed by atoms with Crippen LogP contribution in [0.25, 0.3) is 0 Å². The molecule has 19 heavy (non-hydrogen) atoms. The summed E-state index contributed by atoms with van der Waals surface area (Å²) in [6, 6.07) is 4.06. The lowest BCUT2D eigenvalue weighted by molar-refractivity contribution is 0.376. The molecule has 104 valence electrons. The number of benzene rings is 1. The summed E-state index contributed by atoms with van der Waals surface area (Å²) >= 11 is 5.86. The van der Waals surface area contributed by atoms with E-state index in [1.54, 1.807) is 13.8 Å². The monoisotopic (exact) mass is 304 g/mol. The number of nitrogens with zero attached hydrogens (tertiary/aromatic N) is 2. The van der Waals surface area contributed by atoms with Crippen molar-refractivity contribution in [3.63, 3.8) is 0 Å². The average molecular weight is 305 g/mol. The fourth-order valence-electron chi connectivity index (χ4n) is 1.39. The topological polar surface area (TPSA) is 76.0 Å². The molecule has 1 aromatic rings. The molecule has 0 atom stereocenters. The van der Waals surface area contributed by atoms with E-state index in [4.69, 9.17) is 15.8 Å². The SMILES string of the molecule is CCN(CC)S(=O)(=O)Oc1ccc(N=C=O)cc1Cl. The molecule has 0 radical (unpaired) electrons. The maximum atomic E-state index is 11.9. The van der Waals surface area contributed by atoms with Crippen molar-refractivity contribution in [2.45, 2.75) is 13.8 Å². The molecule has 0 aliphatic heterocycles. The Kier molecular flexibility index (Phi) is 5.50. The number of isocyanates is 1. The van der Waals surface area contributed by atoms with Crippen molar-refractivity contribution in [1.82, 2.24) is 4.31 Å². The van der Waals surface area contributed by atoms with E-state index in [1.165, 1.54) is 24.3 Å². The van der Waals surface area contributed by atoms with Crippen molar-refractivity contribution in [2.24, 2.45) is 4.99 Å². The first-order chi connectivity index (χ1) is 8.94. The van der Waals surface area contributed by atoms with E-state index in [0.717, 1.165) is 4.31 Å². The second-order valence-electron chi connectivity index (χ2n) is 3.44. The lowest BCUT2D eigenvalue weighted by Gasteiger charge is -2.18. The highest BCUT2D eigenvalue weighted by Crippen LogP contribution is 2.30. The summed E-state index contributed by atoms with van der Waals surface area (Å²) in [5.74, 6) is -0.0154. The van der Waals surface area contributed by atoms with Gasteiger partial charge >= 0.3 is 10.3 Å². The van der Waals surface area contributed by atoms with Gasteiger partial charge in [0.05, 0.1) is 10.7 Å². The zero-order valence-electron chi connectivity index (χ0n) is 10.5. The van der Waals surface area contributed by atoms with Gasteiger partial charge in [-0.3, -0.25) is 0 Å². The molecule has 1 aromatic carbocycles. The van der Waals surface area contributed by atoms with Crippen LogP contribution in [-0.4, -0.2) is 31.9 Å². The molecule has 0 fully saturated rings. The van der Waals surface area contributed by atoms with E-state index in [2.05, 4.69) is 4.99 Å². The number of rotatable bonds is 6. The van der Waals surface area contributed by atoms with Crippen molar-refractivity contribution in [3.8, 4) is 5.75 Å². The normalized spacial score (nSPS) is 11.2. The van der Waals surface area contributed by atoms with Gasteiger partial charge in [0.25, 0.3) is 0 Å². The first-order valence-electron chi connectivity index (χ1n) is 5.51. The molecule has 0 aliphatic rings. The molecule has 8 heteroatoms. The summed E-state index contributed by atoms with van der Waals surface area (Å²) in [5, 5.41) is 0.0484. The summed E-state index contributed by atoms with van der Waals surface area (Å²) < 4.78 is 29.9. The molecule has 0 aliphatic carbocycles. The van der Waals surface area contributed by atoms with Gasteiger partial charge in [0.1, 0.15) is 0 Å². The molecule has 0 heterocycles. The second-order valence-corrected chi connectivity index (χ2v) is 5.39. The van der Waals surface area contributed by atoms with E-state index in [1.807, 2.05) is 0 Å². The molecule has 0 aromatic heterocycles. The second kappa shape index (κ2) is 6.68. The molecule has 0 spiro atoms. The minimum atomic E-state index is -3.88. The zero-order valence-corrected chi connectivity index (χ0v) is 12.0. The molecular weight excluding hydrogens is 292 g/mol. The van der Waals surface area contributed by atoms with Crippen molar-refractivity contribution < 1.29 is 17.4 Å². The van der Waals surface area contributed by atoms with Crippen LogP contribution in [0.5, 0.6) is 5.75 Å². The Hall–Kier alpha value is -1.40. The Morgan fingerprint density at radius 3 is 2.47 bits per heavy atom. The van der Waals surface area contributed by atoms with Crippen LogP contribution in [0, 0.1) is 0 Å². The molecule has 0 N–H and O–H groups in total. The van der Waals surface area contributed by atoms with Crippen LogP contribution in [0.3, 0.4) is 0 Å². The Morgan fingerprint density at radius 2 is 2.00 bits per heavy atom. The number of halogens is 1. The van der Waals surface area contributed by atoms with E-state index >= 15 is 0 Å². The maximum Gasteiger partial charge on any atom is 0.385 e. The molecule has 6 nitrogen and oxygen atoms in total. The zero-order chi connectivity index (χ0) is 14.5. The van der Waals surface area contributed by atoms with E-state index in [9.17, 15) is 13.2 Å². The maximum absolute atomic E-state index is 11.9. The predicted molar refractivity (Wildman–Crippen MR) is 71.7 cm³/mol. The van der Waals surface area contributed by atoms with Crippen molar-refractivity contribution in [2.75, 3.05) is 13.1 Å². The van der Waals surface area contributed by atoms with Gasteiger partial charge in [0.2, 0.25) is 6.08 Å². The van der Waals surface area contributed by atoms with E-state index in [-0.39, 0.29) is 16.5 Å². The van der Waals surface area contributed by atoms with Gasteiger partial charge in [-0.25, -0.2) is 4.79 Å². The Morgan fingerprint density at radius 1 is 1.37 bits per heavy atom. The largest absolute Gasteiger partial charge is 0.385 e. The van der Waals surface area contributed by atoms with Gasteiger partial charge in [-0.05, 0) is 18.2 Å². The van der Waals surface area contributed by atoms with Crippen LogP contribution >= 0.6 is 11.6 Å². The lowest BCUT2D eigenvalue weighted by atomic mass is 10.3. The number of hydrogen-bond acceptors (Lipinski definition) is 5. The smallest absolute Gasteiger partial charge is 0.369 e. The lowest BCUT2D eigenvalue weighted by Crippen LogP contribution is -2.34. The highest BCUT2D eigenvalue weighted by Gasteiger charge is 2.22. The molecule has 0 unspecified atom stereocenters. The van der Waals surface area contributed by atoms with Crippen molar-refractivity contribution in [1.29, 1.82) is 0 Å². The minimum Gasteiger partial charge on any atom is -0.369 e. The first-order valence-corrected chi connectivity index (χ1v) is 7.25. The molecule has 0 amide bonds. The van der Waals surface area contributed by atoms with Crippen molar-refractivity contribution >= 4 is 33.7 Å². The molecular formula is C11H13ClN2O4S. The van der Waals surface area contributed by atoms with Crippen LogP contribution in [0.15, 0.2) is 23.2 Å². The highest BCUT2D eigenvalue weighted by molar-refractivity contribution is 7.84. The molecule has 0 saturated carbocycles. The third kappa shape index (κ3) is 4.04. The van der Waals surface area contributed by atoms with Gasteiger partial charge in [-0.1, -0.05) is 25.4 Å². The van der Waals surface area contributed by atoms with Gasteiger partial charge < -0.3 is 4.18 Å². The van der Waals surface area contributed by atoms with Crippen LogP contribution in [0.2, 0.25) is 5.02 Å². The highest BCUT2D eigenvalue weighted by atomic mass is 35.5. The molecule has 0 bridgehead atoms. The summed E-state index contributed by atoms with van der Waals surface area (Å²) in [5.41, 5.74) is 0.271. The summed E-state index contributed by atoms with van der Waals surface area (Å²) in [6.07, 6.45) is 1.36. The standard InChI is InChI=1S/C11H13ClN2O4S/c1-3-14(4-2)19(16,17)18-11-6-5-9(13-8-15)7-10(11)12/h5-7H,3-4H2,1-2H3. The third-order valence-corrected chi connectivity index (χ3v) is 4.14. The Balaban J connectivity index is 3.03. The van der Waals surface area contributed by atoms with Crippen LogP contribution in [0.4, 0.5) is 5.69 Å². The van der Waals surface area contributed by atoms with Crippen molar-refractivity contribution in [3.05, 3.63) is 23.2 Å². The molecule has 1 rings (SSSR count). The minimum absolute atomic E-state index is 0.0154. The summed E-state index contributed by atoms with van der Waals surface area (Å²) in [7, 11) is -3.88. The Labute approximate surface area is 116 Å². The first kappa shape index (κ1) is 15.7. The summed E-state index contributed by atoms with van der Waals surface area (Å²) in [6.45, 7) is 4.00. The van der Waals surface area contributed by atoms with Crippen LogP contribution < -0.4 is 4.18 Å². The van der Waals surface area contributed by atoms with E-state index < -0.39 is 10.3 Å². The third-order valence-electron chi connectivity index (χ3n) is 2.31. The molecule has 0 saturated heterocycles. The number of aliphatic imine (C=N–C) groups is 1.